The van der Waals surface area contributed by atoms with Crippen molar-refractivity contribution in [2.75, 3.05) is 31.6 Å². The van der Waals surface area contributed by atoms with E-state index in [2.05, 4.69) is 15.3 Å². The second-order valence-electron chi connectivity index (χ2n) is 6.71. The van der Waals surface area contributed by atoms with E-state index in [1.165, 1.54) is 0 Å². The van der Waals surface area contributed by atoms with Crippen molar-refractivity contribution in [3.8, 4) is 5.75 Å². The number of carbonyl (C=O) groups excluding carboxylic acids is 1. The number of nitrogens with zero attached hydrogens (tertiary/aromatic N) is 3. The summed E-state index contributed by atoms with van der Waals surface area (Å²) < 4.78 is 5.31. The van der Waals surface area contributed by atoms with Crippen LogP contribution >= 0.6 is 0 Å². The molecule has 0 bridgehead atoms. The van der Waals surface area contributed by atoms with Crippen LogP contribution in [0.3, 0.4) is 0 Å². The second-order valence-corrected chi connectivity index (χ2v) is 6.71. The summed E-state index contributed by atoms with van der Waals surface area (Å²) in [7, 11) is 1.59. The zero-order chi connectivity index (χ0) is 18.6. The molecular weight excluding hydrogens is 332 g/mol. The van der Waals surface area contributed by atoms with Crippen molar-refractivity contribution in [2.24, 2.45) is 0 Å². The van der Waals surface area contributed by atoms with Crippen molar-refractivity contribution in [1.29, 1.82) is 0 Å². The highest BCUT2D eigenvalue weighted by molar-refractivity contribution is 5.79. The SMILES string of the molecule is COc1ccc(C)cc1CC(=O)NC[C@@]1(O)CCN(c2ncccn2)C1. The van der Waals surface area contributed by atoms with Crippen LogP contribution in [-0.4, -0.2) is 53.3 Å². The number of anilines is 1. The van der Waals surface area contributed by atoms with Crippen LogP contribution in [0, 0.1) is 6.92 Å². The lowest BCUT2D eigenvalue weighted by atomic mass is 10.0. The third-order valence-electron chi connectivity index (χ3n) is 4.57. The average Bonchev–Trinajstić information content (AvgIpc) is 3.04. The molecule has 26 heavy (non-hydrogen) atoms. The molecule has 3 rings (SSSR count). The number of nitrogens with one attached hydrogen (secondary N) is 1. The molecule has 0 radical (unpaired) electrons. The Morgan fingerprint density at radius 2 is 2.15 bits per heavy atom. The van der Waals surface area contributed by atoms with Crippen molar-refractivity contribution in [3.63, 3.8) is 0 Å². The summed E-state index contributed by atoms with van der Waals surface area (Å²) in [6.45, 7) is 3.22. The Hall–Kier alpha value is -2.67. The van der Waals surface area contributed by atoms with Crippen LogP contribution in [0.5, 0.6) is 5.75 Å². The first kappa shape index (κ1) is 18.1. The number of hydrogen-bond acceptors (Lipinski definition) is 6. The minimum atomic E-state index is -0.981. The molecule has 2 heterocycles. The van der Waals surface area contributed by atoms with Gasteiger partial charge in [0.2, 0.25) is 11.9 Å². The zero-order valence-electron chi connectivity index (χ0n) is 15.1. The number of aromatic nitrogens is 2. The molecule has 1 aliphatic rings. The van der Waals surface area contributed by atoms with E-state index in [1.54, 1.807) is 25.6 Å². The molecule has 1 aromatic carbocycles. The Morgan fingerprint density at radius 3 is 2.88 bits per heavy atom. The first-order chi connectivity index (χ1) is 12.5. The summed E-state index contributed by atoms with van der Waals surface area (Å²) in [5, 5.41) is 13.6. The number of hydrogen-bond donors (Lipinski definition) is 2. The second kappa shape index (κ2) is 7.70. The summed E-state index contributed by atoms with van der Waals surface area (Å²) in [6.07, 6.45) is 4.12. The van der Waals surface area contributed by atoms with Crippen molar-refractivity contribution in [1.82, 2.24) is 15.3 Å². The Morgan fingerprint density at radius 1 is 1.38 bits per heavy atom. The summed E-state index contributed by atoms with van der Waals surface area (Å²) >= 11 is 0. The van der Waals surface area contributed by atoms with Gasteiger partial charge in [-0.15, -0.1) is 0 Å². The molecule has 0 unspecified atom stereocenters. The fourth-order valence-electron chi connectivity index (χ4n) is 3.17. The number of ether oxygens (including phenoxy) is 1. The largest absolute Gasteiger partial charge is 0.496 e. The van der Waals surface area contributed by atoms with Crippen molar-refractivity contribution < 1.29 is 14.6 Å². The fourth-order valence-corrected chi connectivity index (χ4v) is 3.17. The number of carbonyl (C=O) groups is 1. The van der Waals surface area contributed by atoms with Crippen LogP contribution in [-0.2, 0) is 11.2 Å². The van der Waals surface area contributed by atoms with Gasteiger partial charge in [0.25, 0.3) is 0 Å². The predicted molar refractivity (Wildman–Crippen MR) is 98.3 cm³/mol. The van der Waals surface area contributed by atoms with Gasteiger partial charge < -0.3 is 20.1 Å². The molecule has 0 aliphatic carbocycles. The standard InChI is InChI=1S/C19H24N4O3/c1-14-4-5-16(26-2)15(10-14)11-17(24)22-12-19(25)6-9-23(13-19)18-20-7-3-8-21-18/h3-5,7-8,10,25H,6,9,11-13H2,1-2H3,(H,22,24)/t19-/m0/s1. The minimum absolute atomic E-state index is 0.142. The molecule has 1 amide bonds. The maximum absolute atomic E-state index is 12.3. The van der Waals surface area contributed by atoms with Gasteiger partial charge in [0.1, 0.15) is 11.4 Å². The van der Waals surface area contributed by atoms with Crippen LogP contribution in [0.15, 0.2) is 36.7 Å². The molecule has 2 N–H and O–H groups in total. The highest BCUT2D eigenvalue weighted by Gasteiger charge is 2.37. The van der Waals surface area contributed by atoms with E-state index in [0.29, 0.717) is 31.2 Å². The monoisotopic (exact) mass is 356 g/mol. The quantitative estimate of drug-likeness (QED) is 0.806. The number of aryl methyl sites for hydroxylation is 1. The molecule has 1 fully saturated rings. The van der Waals surface area contributed by atoms with Gasteiger partial charge in [0, 0.05) is 31.0 Å². The Balaban J connectivity index is 1.55. The van der Waals surface area contributed by atoms with Crippen LogP contribution in [0.2, 0.25) is 0 Å². The lowest BCUT2D eigenvalue weighted by molar-refractivity contribution is -0.121. The van der Waals surface area contributed by atoms with E-state index in [-0.39, 0.29) is 18.9 Å². The van der Waals surface area contributed by atoms with Gasteiger partial charge in [0.05, 0.1) is 20.1 Å². The molecule has 0 saturated carbocycles. The predicted octanol–water partition coefficient (Wildman–Crippen LogP) is 1.09. The first-order valence-electron chi connectivity index (χ1n) is 8.64. The Bertz CT molecular complexity index is 769. The summed E-state index contributed by atoms with van der Waals surface area (Å²) in [6, 6.07) is 7.50. The zero-order valence-corrected chi connectivity index (χ0v) is 15.1. The third kappa shape index (κ3) is 4.29. The molecule has 7 nitrogen and oxygen atoms in total. The lowest BCUT2D eigenvalue weighted by Crippen LogP contribution is -2.45. The minimum Gasteiger partial charge on any atom is -0.496 e. The van der Waals surface area contributed by atoms with E-state index >= 15 is 0 Å². The van der Waals surface area contributed by atoms with E-state index in [9.17, 15) is 9.90 Å². The van der Waals surface area contributed by atoms with Crippen LogP contribution in [0.4, 0.5) is 5.95 Å². The molecule has 1 atom stereocenters. The highest BCUT2D eigenvalue weighted by atomic mass is 16.5. The van der Waals surface area contributed by atoms with Crippen molar-refractivity contribution in [2.45, 2.75) is 25.4 Å². The van der Waals surface area contributed by atoms with E-state index in [0.717, 1.165) is 11.1 Å². The normalized spacial score (nSPS) is 19.4. The number of methoxy groups -OCH3 is 1. The van der Waals surface area contributed by atoms with Gasteiger partial charge in [-0.05, 0) is 25.5 Å². The van der Waals surface area contributed by atoms with Gasteiger partial charge in [-0.1, -0.05) is 17.7 Å². The Labute approximate surface area is 153 Å². The molecule has 138 valence electrons. The van der Waals surface area contributed by atoms with Gasteiger partial charge in [-0.25, -0.2) is 9.97 Å². The van der Waals surface area contributed by atoms with Gasteiger partial charge in [-0.2, -0.15) is 0 Å². The van der Waals surface area contributed by atoms with Gasteiger partial charge >= 0.3 is 0 Å². The Kier molecular flexibility index (Phi) is 5.37. The number of β-amino-alcohol motifs (C(OH)–C–C–N with tert-alkyl or cyclic N) is 1. The number of amides is 1. The summed E-state index contributed by atoms with van der Waals surface area (Å²) in [4.78, 5) is 22.7. The highest BCUT2D eigenvalue weighted by Crippen LogP contribution is 2.24. The van der Waals surface area contributed by atoms with E-state index in [4.69, 9.17) is 4.74 Å². The first-order valence-corrected chi connectivity index (χ1v) is 8.64. The average molecular weight is 356 g/mol. The topological polar surface area (TPSA) is 87.6 Å². The van der Waals surface area contributed by atoms with Crippen LogP contribution in [0.1, 0.15) is 17.5 Å². The third-order valence-corrected chi connectivity index (χ3v) is 4.57. The summed E-state index contributed by atoms with van der Waals surface area (Å²) in [5.74, 6) is 1.15. The fraction of sp³-hybridized carbons (Fsp3) is 0.421. The summed E-state index contributed by atoms with van der Waals surface area (Å²) in [5.41, 5.74) is 0.926. The van der Waals surface area contributed by atoms with E-state index in [1.807, 2.05) is 30.0 Å². The van der Waals surface area contributed by atoms with Crippen molar-refractivity contribution >= 4 is 11.9 Å². The van der Waals surface area contributed by atoms with Crippen LogP contribution < -0.4 is 15.0 Å². The van der Waals surface area contributed by atoms with Crippen molar-refractivity contribution in [3.05, 3.63) is 47.8 Å². The smallest absolute Gasteiger partial charge is 0.225 e. The van der Waals surface area contributed by atoms with E-state index < -0.39 is 5.60 Å². The number of aliphatic hydroxyl groups is 1. The molecule has 7 heteroatoms. The molecule has 1 saturated heterocycles. The van der Waals surface area contributed by atoms with Crippen LogP contribution in [0.25, 0.3) is 0 Å². The maximum atomic E-state index is 12.3. The molecular formula is C19H24N4O3. The lowest BCUT2D eigenvalue weighted by Gasteiger charge is -2.23. The molecule has 0 spiro atoms. The van der Waals surface area contributed by atoms with Gasteiger partial charge in [0.15, 0.2) is 0 Å². The maximum Gasteiger partial charge on any atom is 0.225 e. The molecule has 1 aromatic heterocycles. The number of benzene rings is 1. The molecule has 2 aromatic rings. The molecule has 1 aliphatic heterocycles. The number of rotatable bonds is 6. The van der Waals surface area contributed by atoms with Gasteiger partial charge in [-0.3, -0.25) is 4.79 Å².